The first kappa shape index (κ1) is 18.4. The monoisotopic (exact) mass is 351 g/mol. The number of aryl methyl sites for hydroxylation is 1. The Labute approximate surface area is 154 Å². The highest BCUT2D eigenvalue weighted by Crippen LogP contribution is 2.33. The van der Waals surface area contributed by atoms with Gasteiger partial charge in [-0.3, -0.25) is 4.98 Å². The maximum atomic E-state index is 4.96. The molecule has 25 heavy (non-hydrogen) atoms. The largest absolute Gasteiger partial charge is 0.256 e. The van der Waals surface area contributed by atoms with E-state index in [9.17, 15) is 0 Å². The second-order valence-electron chi connectivity index (χ2n) is 9.09. The molecule has 134 valence electrons. The third-order valence-electron chi connectivity index (χ3n) is 5.91. The fourth-order valence-corrected chi connectivity index (χ4v) is 5.62. The highest BCUT2D eigenvalue weighted by Gasteiger charge is 2.25. The summed E-state index contributed by atoms with van der Waals surface area (Å²) in [5, 5.41) is 1.53. The molecule has 0 amide bonds. The molecule has 0 spiro atoms. The zero-order chi connectivity index (χ0) is 18.2. The lowest BCUT2D eigenvalue weighted by Crippen LogP contribution is -2.41. The molecule has 1 aliphatic carbocycles. The first-order valence-corrected chi connectivity index (χ1v) is 13.4. The molecule has 1 aliphatic rings. The van der Waals surface area contributed by atoms with Gasteiger partial charge in [0.15, 0.2) is 0 Å². The van der Waals surface area contributed by atoms with Crippen molar-refractivity contribution in [3.8, 4) is 11.3 Å². The number of pyridine rings is 1. The van der Waals surface area contributed by atoms with Crippen LogP contribution in [0.2, 0.25) is 19.6 Å². The molecule has 0 radical (unpaired) electrons. The van der Waals surface area contributed by atoms with Crippen molar-refractivity contribution in [2.24, 2.45) is 5.92 Å². The molecule has 2 heteroatoms. The molecule has 0 fully saturated rings. The molecule has 1 unspecified atom stereocenters. The average Bonchev–Trinajstić information content (AvgIpc) is 2.59. The van der Waals surface area contributed by atoms with Gasteiger partial charge in [0, 0.05) is 11.8 Å². The van der Waals surface area contributed by atoms with Gasteiger partial charge in [0.05, 0.1) is 13.8 Å². The number of hydrogen-bond acceptors (Lipinski definition) is 1. The fraction of sp³-hybridized carbons (Fsp3) is 0.522. The predicted molar refractivity (Wildman–Crippen MR) is 113 cm³/mol. The number of fused-ring (bicyclic) bond motifs is 1. The predicted octanol–water partition coefficient (Wildman–Crippen LogP) is 5.93. The van der Waals surface area contributed by atoms with Crippen LogP contribution >= 0.6 is 0 Å². The smallest absolute Gasteiger partial charge is 0.0799 e. The molecular weight excluding hydrogens is 318 g/mol. The standard InChI is InChI=1S/C23H33NSi/c1-16(2)17(3)21-14-22(24-15-23(21)25(4,5)6)20-13-9-11-18-10-7-8-12-19(18)20/h9,11,13-17H,7-8,10,12H2,1-6H3. The summed E-state index contributed by atoms with van der Waals surface area (Å²) in [6, 6.07) is 9.23. The van der Waals surface area contributed by atoms with Crippen LogP contribution in [-0.2, 0) is 12.8 Å². The maximum Gasteiger partial charge on any atom is 0.0799 e. The van der Waals surface area contributed by atoms with Gasteiger partial charge in [0.25, 0.3) is 0 Å². The minimum Gasteiger partial charge on any atom is -0.256 e. The average molecular weight is 352 g/mol. The number of benzene rings is 1. The molecule has 1 heterocycles. The molecule has 0 bridgehead atoms. The Bertz CT molecular complexity index is 755. The highest BCUT2D eigenvalue weighted by molar-refractivity contribution is 6.89. The van der Waals surface area contributed by atoms with Crippen LogP contribution in [0.4, 0.5) is 0 Å². The minimum atomic E-state index is -1.40. The quantitative estimate of drug-likeness (QED) is 0.622. The second-order valence-corrected chi connectivity index (χ2v) is 14.1. The van der Waals surface area contributed by atoms with Crippen molar-refractivity contribution in [3.05, 3.63) is 47.2 Å². The van der Waals surface area contributed by atoms with Crippen molar-refractivity contribution in [1.29, 1.82) is 0 Å². The van der Waals surface area contributed by atoms with E-state index in [-0.39, 0.29) is 0 Å². The lowest BCUT2D eigenvalue weighted by Gasteiger charge is -2.27. The summed E-state index contributed by atoms with van der Waals surface area (Å²) in [5.74, 6) is 1.22. The fourth-order valence-electron chi connectivity index (χ4n) is 4.00. The van der Waals surface area contributed by atoms with Gasteiger partial charge in [-0.25, -0.2) is 0 Å². The zero-order valence-electron chi connectivity index (χ0n) is 16.8. The number of hydrogen-bond donors (Lipinski definition) is 0. The van der Waals surface area contributed by atoms with Gasteiger partial charge in [0.2, 0.25) is 0 Å². The second kappa shape index (κ2) is 7.07. The van der Waals surface area contributed by atoms with Gasteiger partial charge in [-0.05, 0) is 65.5 Å². The molecule has 1 nitrogen and oxygen atoms in total. The van der Waals surface area contributed by atoms with Gasteiger partial charge in [-0.2, -0.15) is 0 Å². The van der Waals surface area contributed by atoms with Crippen LogP contribution in [0.5, 0.6) is 0 Å². The van der Waals surface area contributed by atoms with Gasteiger partial charge in [-0.1, -0.05) is 58.6 Å². The Hall–Kier alpha value is -1.41. The zero-order valence-corrected chi connectivity index (χ0v) is 17.8. The lowest BCUT2D eigenvalue weighted by molar-refractivity contribution is 0.537. The first-order valence-electron chi connectivity index (χ1n) is 9.90. The van der Waals surface area contributed by atoms with Crippen LogP contribution in [0.1, 0.15) is 56.2 Å². The van der Waals surface area contributed by atoms with E-state index in [0.29, 0.717) is 11.8 Å². The summed E-state index contributed by atoms with van der Waals surface area (Å²) >= 11 is 0. The third-order valence-corrected chi connectivity index (χ3v) is 7.94. The first-order chi connectivity index (χ1) is 11.8. The Morgan fingerprint density at radius 1 is 1.00 bits per heavy atom. The number of aromatic nitrogens is 1. The Kier molecular flexibility index (Phi) is 5.20. The lowest BCUT2D eigenvalue weighted by atomic mass is 9.85. The van der Waals surface area contributed by atoms with Crippen LogP contribution in [0.25, 0.3) is 11.3 Å². The number of nitrogens with zero attached hydrogens (tertiary/aromatic N) is 1. The maximum absolute atomic E-state index is 4.96. The molecule has 0 aliphatic heterocycles. The molecule has 1 aromatic heterocycles. The molecule has 0 N–H and O–H groups in total. The van der Waals surface area contributed by atoms with Crippen LogP contribution in [0.3, 0.4) is 0 Å². The summed E-state index contributed by atoms with van der Waals surface area (Å²) in [6.45, 7) is 14.4. The summed E-state index contributed by atoms with van der Waals surface area (Å²) in [6.07, 6.45) is 7.28. The van der Waals surface area contributed by atoms with Gasteiger partial charge >= 0.3 is 0 Å². The Balaban J connectivity index is 2.15. The molecule has 2 aromatic rings. The van der Waals surface area contributed by atoms with E-state index in [1.165, 1.54) is 47.7 Å². The van der Waals surface area contributed by atoms with Crippen molar-refractivity contribution >= 4 is 13.3 Å². The Morgan fingerprint density at radius 2 is 1.72 bits per heavy atom. The van der Waals surface area contributed by atoms with Crippen LogP contribution in [0.15, 0.2) is 30.5 Å². The minimum absolute atomic E-state index is 0.572. The molecule has 3 rings (SSSR count). The normalized spacial score (nSPS) is 16.0. The SMILES string of the molecule is CC(C)C(C)c1cc(-c2cccc3c2CCCC3)ncc1[Si](C)(C)C. The van der Waals surface area contributed by atoms with Crippen molar-refractivity contribution in [2.45, 2.75) is 72.0 Å². The van der Waals surface area contributed by atoms with E-state index in [2.05, 4.69) is 70.9 Å². The summed E-state index contributed by atoms with van der Waals surface area (Å²) in [5.41, 5.74) is 7.18. The molecular formula is C23H33NSi. The summed E-state index contributed by atoms with van der Waals surface area (Å²) < 4.78 is 0. The van der Waals surface area contributed by atoms with E-state index in [1.807, 2.05) is 0 Å². The van der Waals surface area contributed by atoms with Crippen molar-refractivity contribution in [2.75, 3.05) is 0 Å². The number of rotatable bonds is 4. The van der Waals surface area contributed by atoms with Crippen molar-refractivity contribution in [1.82, 2.24) is 4.98 Å². The van der Waals surface area contributed by atoms with Gasteiger partial charge in [0.1, 0.15) is 0 Å². The van der Waals surface area contributed by atoms with Crippen LogP contribution in [0, 0.1) is 5.92 Å². The van der Waals surface area contributed by atoms with E-state index in [1.54, 1.807) is 11.1 Å². The van der Waals surface area contributed by atoms with Gasteiger partial charge < -0.3 is 0 Å². The van der Waals surface area contributed by atoms with Crippen LogP contribution < -0.4 is 5.19 Å². The van der Waals surface area contributed by atoms with Crippen LogP contribution in [-0.4, -0.2) is 13.1 Å². The van der Waals surface area contributed by atoms with Gasteiger partial charge in [-0.15, -0.1) is 0 Å². The van der Waals surface area contributed by atoms with E-state index < -0.39 is 8.07 Å². The highest BCUT2D eigenvalue weighted by atomic mass is 28.3. The molecule has 1 atom stereocenters. The molecule has 0 saturated heterocycles. The van der Waals surface area contributed by atoms with E-state index >= 15 is 0 Å². The van der Waals surface area contributed by atoms with E-state index in [4.69, 9.17) is 4.98 Å². The summed E-state index contributed by atoms with van der Waals surface area (Å²) in [7, 11) is -1.40. The summed E-state index contributed by atoms with van der Waals surface area (Å²) in [4.78, 5) is 4.96. The van der Waals surface area contributed by atoms with E-state index in [0.717, 1.165) is 0 Å². The van der Waals surface area contributed by atoms with Crippen molar-refractivity contribution < 1.29 is 0 Å². The Morgan fingerprint density at radius 3 is 2.40 bits per heavy atom. The molecule has 1 aromatic carbocycles. The topological polar surface area (TPSA) is 12.9 Å². The molecule has 0 saturated carbocycles. The van der Waals surface area contributed by atoms with Crippen molar-refractivity contribution in [3.63, 3.8) is 0 Å². The third kappa shape index (κ3) is 3.74.